The maximum atomic E-state index is 12.4. The first-order valence-corrected chi connectivity index (χ1v) is 8.81. The summed E-state index contributed by atoms with van der Waals surface area (Å²) in [6, 6.07) is 6.61. The van der Waals surface area contributed by atoms with E-state index in [1.165, 1.54) is 0 Å². The minimum absolute atomic E-state index is 0.0299. The van der Waals surface area contributed by atoms with Gasteiger partial charge in [-0.3, -0.25) is 20.2 Å². The van der Waals surface area contributed by atoms with E-state index in [-0.39, 0.29) is 24.8 Å². The number of H-pyrrole nitrogens is 1. The Hall–Kier alpha value is -3.40. The fourth-order valence-corrected chi connectivity index (χ4v) is 3.13. The molecule has 0 saturated carbocycles. The third-order valence-corrected chi connectivity index (χ3v) is 4.55. The number of hydrogen-bond donors (Lipinski definition) is 6. The summed E-state index contributed by atoms with van der Waals surface area (Å²) < 4.78 is 0. The largest absolute Gasteiger partial charge is 0.361 e. The van der Waals surface area contributed by atoms with E-state index >= 15 is 0 Å². The lowest BCUT2D eigenvalue weighted by molar-refractivity contribution is -0.132. The lowest BCUT2D eigenvalue weighted by Crippen LogP contribution is -2.65. The maximum Gasteiger partial charge on any atom is 0.318 e. The first kappa shape index (κ1) is 19.4. The molecule has 8 N–H and O–H groups in total. The second kappa shape index (κ2) is 7.69. The normalized spacial score (nSPS) is 20.2. The molecule has 2 atom stereocenters. The standard InChI is InChI=1S/C18H23N7O3/c1-18(9-22-17(23-15(18)27)24-16(20)28)25-14(26)7-11(19)6-10-8-21-13-5-3-2-4-12(10)13/h2-5,8,11,21H,6-7,9,19H2,1H3,(H,25,26)(H4,20,22,23,24,27,28)/t11-,18-/m0/s1. The number of nitrogens with two attached hydrogens (primary N) is 2. The number of nitrogens with one attached hydrogen (secondary N) is 4. The Bertz CT molecular complexity index is 952. The van der Waals surface area contributed by atoms with Crippen LogP contribution < -0.4 is 27.4 Å². The average molecular weight is 385 g/mol. The van der Waals surface area contributed by atoms with Crippen molar-refractivity contribution in [2.75, 3.05) is 6.54 Å². The summed E-state index contributed by atoms with van der Waals surface area (Å²) in [7, 11) is 0. The Morgan fingerprint density at radius 2 is 2.11 bits per heavy atom. The van der Waals surface area contributed by atoms with E-state index in [2.05, 4.69) is 25.9 Å². The number of nitrogens with zero attached hydrogens (tertiary/aromatic N) is 1. The fourth-order valence-electron chi connectivity index (χ4n) is 3.13. The van der Waals surface area contributed by atoms with Crippen LogP contribution in [0, 0.1) is 0 Å². The molecule has 10 nitrogen and oxygen atoms in total. The average Bonchev–Trinajstić information content (AvgIpc) is 3.01. The van der Waals surface area contributed by atoms with Gasteiger partial charge >= 0.3 is 6.03 Å². The van der Waals surface area contributed by atoms with Crippen LogP contribution in [0.15, 0.2) is 35.5 Å². The molecule has 0 fully saturated rings. The number of amides is 4. The molecule has 2 heterocycles. The number of carbonyl (C=O) groups is 3. The molecule has 1 aromatic carbocycles. The monoisotopic (exact) mass is 385 g/mol. The number of aromatic nitrogens is 1. The van der Waals surface area contributed by atoms with Crippen molar-refractivity contribution in [2.45, 2.75) is 31.3 Å². The van der Waals surface area contributed by atoms with E-state index in [4.69, 9.17) is 11.5 Å². The van der Waals surface area contributed by atoms with Gasteiger partial charge in [-0.05, 0) is 25.0 Å². The molecule has 3 rings (SSSR count). The van der Waals surface area contributed by atoms with Gasteiger partial charge in [0, 0.05) is 29.6 Å². The summed E-state index contributed by atoms with van der Waals surface area (Å²) in [5.41, 5.74) is 12.0. The molecular weight excluding hydrogens is 362 g/mol. The Morgan fingerprint density at radius 3 is 2.82 bits per heavy atom. The molecule has 0 bridgehead atoms. The fraction of sp³-hybridized carbons (Fsp3) is 0.333. The van der Waals surface area contributed by atoms with Gasteiger partial charge in [0.1, 0.15) is 5.54 Å². The second-order valence-electron chi connectivity index (χ2n) is 7.02. The minimum atomic E-state index is -1.24. The van der Waals surface area contributed by atoms with Crippen molar-refractivity contribution < 1.29 is 14.4 Å². The van der Waals surface area contributed by atoms with Crippen LogP contribution >= 0.6 is 0 Å². The summed E-state index contributed by atoms with van der Waals surface area (Å²) in [6.07, 6.45) is 2.46. The van der Waals surface area contributed by atoms with Crippen molar-refractivity contribution in [1.29, 1.82) is 0 Å². The van der Waals surface area contributed by atoms with Crippen LogP contribution in [0.1, 0.15) is 18.9 Å². The van der Waals surface area contributed by atoms with Crippen LogP contribution in [0.2, 0.25) is 0 Å². The van der Waals surface area contributed by atoms with Crippen LogP contribution in [0.4, 0.5) is 4.79 Å². The number of aromatic amines is 1. The molecule has 0 spiro atoms. The maximum absolute atomic E-state index is 12.4. The third kappa shape index (κ3) is 4.29. The van der Waals surface area contributed by atoms with E-state index in [1.807, 2.05) is 30.5 Å². The van der Waals surface area contributed by atoms with Gasteiger partial charge in [-0.25, -0.2) is 9.79 Å². The first-order valence-electron chi connectivity index (χ1n) is 8.81. The Balaban J connectivity index is 1.58. The van der Waals surface area contributed by atoms with Crippen LogP contribution in [0.3, 0.4) is 0 Å². The Labute approximate surface area is 161 Å². The van der Waals surface area contributed by atoms with Gasteiger partial charge in [-0.15, -0.1) is 0 Å². The minimum Gasteiger partial charge on any atom is -0.361 e. The summed E-state index contributed by atoms with van der Waals surface area (Å²) in [4.78, 5) is 42.7. The van der Waals surface area contributed by atoms with Gasteiger partial charge in [0.25, 0.3) is 5.91 Å². The van der Waals surface area contributed by atoms with Crippen molar-refractivity contribution in [3.05, 3.63) is 36.0 Å². The van der Waals surface area contributed by atoms with Gasteiger partial charge in [0.2, 0.25) is 11.9 Å². The number of hydrogen-bond acceptors (Lipinski definition) is 5. The molecule has 1 aromatic heterocycles. The Kier molecular flexibility index (Phi) is 5.32. The van der Waals surface area contributed by atoms with Crippen molar-refractivity contribution in [3.8, 4) is 0 Å². The van der Waals surface area contributed by atoms with E-state index < -0.39 is 23.5 Å². The molecular formula is C18H23N7O3. The van der Waals surface area contributed by atoms with Crippen molar-refractivity contribution in [1.82, 2.24) is 20.9 Å². The smallest absolute Gasteiger partial charge is 0.318 e. The highest BCUT2D eigenvalue weighted by molar-refractivity contribution is 6.08. The third-order valence-electron chi connectivity index (χ3n) is 4.55. The summed E-state index contributed by atoms with van der Waals surface area (Å²) >= 11 is 0. The number of primary amides is 1. The zero-order valence-corrected chi connectivity index (χ0v) is 15.4. The number of aliphatic imine (C=N–C) groups is 1. The zero-order chi connectivity index (χ0) is 20.3. The van der Waals surface area contributed by atoms with Gasteiger partial charge in [0.05, 0.1) is 6.54 Å². The molecule has 0 saturated heterocycles. The highest BCUT2D eigenvalue weighted by atomic mass is 16.2. The van der Waals surface area contributed by atoms with Crippen LogP contribution in [0.5, 0.6) is 0 Å². The molecule has 0 unspecified atom stereocenters. The molecule has 148 valence electrons. The van der Waals surface area contributed by atoms with E-state index in [0.29, 0.717) is 6.42 Å². The summed E-state index contributed by atoms with van der Waals surface area (Å²) in [5.74, 6) is -0.892. The number of guanidine groups is 1. The van der Waals surface area contributed by atoms with Crippen molar-refractivity contribution in [2.24, 2.45) is 16.5 Å². The molecule has 0 radical (unpaired) electrons. The lowest BCUT2D eigenvalue weighted by atomic mass is 9.98. The molecule has 2 aromatic rings. The molecule has 0 aliphatic carbocycles. The number of carbonyl (C=O) groups excluding carboxylic acids is 3. The van der Waals surface area contributed by atoms with Gasteiger partial charge in [-0.1, -0.05) is 18.2 Å². The molecule has 1 aliphatic rings. The molecule has 1 aliphatic heterocycles. The number of rotatable bonds is 5. The van der Waals surface area contributed by atoms with E-state index in [0.717, 1.165) is 16.5 Å². The predicted octanol–water partition coefficient (Wildman–Crippen LogP) is -0.543. The number of fused-ring (bicyclic) bond motifs is 1. The highest BCUT2D eigenvalue weighted by Crippen LogP contribution is 2.19. The van der Waals surface area contributed by atoms with Crippen molar-refractivity contribution >= 4 is 34.7 Å². The Morgan fingerprint density at radius 1 is 1.36 bits per heavy atom. The first-order chi connectivity index (χ1) is 13.3. The van der Waals surface area contributed by atoms with Crippen molar-refractivity contribution in [3.63, 3.8) is 0 Å². The van der Waals surface area contributed by atoms with Gasteiger partial charge < -0.3 is 21.8 Å². The lowest BCUT2D eigenvalue weighted by Gasteiger charge is -2.32. The number of urea groups is 1. The number of para-hydroxylation sites is 1. The molecule has 10 heteroatoms. The van der Waals surface area contributed by atoms with Crippen LogP contribution in [-0.4, -0.2) is 46.9 Å². The summed E-state index contributed by atoms with van der Waals surface area (Å²) in [5, 5.41) is 8.35. The molecule has 4 amide bonds. The van der Waals surface area contributed by atoms with Crippen LogP contribution in [-0.2, 0) is 16.0 Å². The predicted molar refractivity (Wildman–Crippen MR) is 104 cm³/mol. The second-order valence-corrected chi connectivity index (χ2v) is 7.02. The van der Waals surface area contributed by atoms with Gasteiger partial charge in [-0.2, -0.15) is 0 Å². The topological polar surface area (TPSA) is 167 Å². The van der Waals surface area contributed by atoms with Crippen LogP contribution in [0.25, 0.3) is 10.9 Å². The van der Waals surface area contributed by atoms with E-state index in [1.54, 1.807) is 6.92 Å². The SMILES string of the molecule is C[C@]1(NC(=O)C[C@@H](N)Cc2c[nH]c3ccccc23)CN=C(NC(N)=O)NC1=O. The quantitative estimate of drug-likeness (QED) is 0.407. The van der Waals surface area contributed by atoms with Gasteiger partial charge in [0.15, 0.2) is 0 Å². The molecule has 28 heavy (non-hydrogen) atoms. The van der Waals surface area contributed by atoms with E-state index in [9.17, 15) is 14.4 Å². The number of benzene rings is 1. The zero-order valence-electron chi connectivity index (χ0n) is 15.4. The summed E-state index contributed by atoms with van der Waals surface area (Å²) in [6.45, 7) is 1.52. The highest BCUT2D eigenvalue weighted by Gasteiger charge is 2.38.